The zero-order chi connectivity index (χ0) is 12.0. The summed E-state index contributed by atoms with van der Waals surface area (Å²) in [4.78, 5) is 11.7. The van der Waals surface area contributed by atoms with Crippen molar-refractivity contribution in [1.82, 2.24) is 5.32 Å². The minimum atomic E-state index is -0.473. The molecule has 1 aromatic rings. The molecule has 0 saturated heterocycles. The molecule has 1 amide bonds. The summed E-state index contributed by atoms with van der Waals surface area (Å²) in [5, 5.41) is 2.48. The molecule has 0 aromatic heterocycles. The standard InChI is InChI=1S/C12H16ClNOS/c1-9(16-2)11(13)12(15)14-8-10-6-4-3-5-7-10/h3-7,9,11H,8H2,1-2H3,(H,14,15). The van der Waals surface area contributed by atoms with Crippen molar-refractivity contribution >= 4 is 29.3 Å². The van der Waals surface area contributed by atoms with Crippen LogP contribution in [0.2, 0.25) is 0 Å². The number of rotatable bonds is 5. The van der Waals surface area contributed by atoms with Crippen molar-refractivity contribution in [3.63, 3.8) is 0 Å². The number of nitrogens with one attached hydrogen (secondary N) is 1. The second kappa shape index (κ2) is 6.81. The third-order valence-corrected chi connectivity index (χ3v) is 4.09. The lowest BCUT2D eigenvalue weighted by molar-refractivity contribution is -0.120. The van der Waals surface area contributed by atoms with Crippen LogP contribution in [0.25, 0.3) is 0 Å². The van der Waals surface area contributed by atoms with Gasteiger partial charge in [-0.3, -0.25) is 4.79 Å². The van der Waals surface area contributed by atoms with Gasteiger partial charge in [0.2, 0.25) is 5.91 Å². The minimum Gasteiger partial charge on any atom is -0.351 e. The minimum absolute atomic E-state index is 0.104. The number of halogens is 1. The highest BCUT2D eigenvalue weighted by molar-refractivity contribution is 7.99. The van der Waals surface area contributed by atoms with Crippen molar-refractivity contribution in [3.8, 4) is 0 Å². The average Bonchev–Trinajstić information content (AvgIpc) is 2.35. The van der Waals surface area contributed by atoms with Crippen LogP contribution in [0.4, 0.5) is 0 Å². The summed E-state index contributed by atoms with van der Waals surface area (Å²) >= 11 is 7.61. The normalized spacial score (nSPS) is 14.2. The predicted molar refractivity (Wildman–Crippen MR) is 70.9 cm³/mol. The fourth-order valence-corrected chi connectivity index (χ4v) is 1.96. The van der Waals surface area contributed by atoms with Crippen molar-refractivity contribution in [2.45, 2.75) is 24.1 Å². The van der Waals surface area contributed by atoms with Crippen LogP contribution in [0.5, 0.6) is 0 Å². The Balaban J connectivity index is 2.41. The van der Waals surface area contributed by atoms with Gasteiger partial charge in [-0.15, -0.1) is 11.6 Å². The molecule has 1 aromatic carbocycles. The van der Waals surface area contributed by atoms with Crippen LogP contribution in [-0.4, -0.2) is 22.8 Å². The van der Waals surface area contributed by atoms with Gasteiger partial charge in [-0.1, -0.05) is 37.3 Å². The molecule has 0 aliphatic heterocycles. The summed E-state index contributed by atoms with van der Waals surface area (Å²) in [7, 11) is 0. The number of benzene rings is 1. The molecule has 0 saturated carbocycles. The zero-order valence-corrected chi connectivity index (χ0v) is 11.0. The van der Waals surface area contributed by atoms with Crippen LogP contribution in [-0.2, 0) is 11.3 Å². The average molecular weight is 258 g/mol. The van der Waals surface area contributed by atoms with E-state index in [4.69, 9.17) is 11.6 Å². The highest BCUT2D eigenvalue weighted by atomic mass is 35.5. The van der Waals surface area contributed by atoms with Crippen molar-refractivity contribution in [2.75, 3.05) is 6.26 Å². The Kier molecular flexibility index (Phi) is 5.71. The lowest BCUT2D eigenvalue weighted by Gasteiger charge is -2.15. The van der Waals surface area contributed by atoms with Crippen molar-refractivity contribution in [3.05, 3.63) is 35.9 Å². The molecule has 0 radical (unpaired) electrons. The van der Waals surface area contributed by atoms with E-state index < -0.39 is 5.38 Å². The number of hydrogen-bond acceptors (Lipinski definition) is 2. The summed E-state index contributed by atoms with van der Waals surface area (Å²) in [6.45, 7) is 2.48. The van der Waals surface area contributed by atoms with Crippen LogP contribution >= 0.6 is 23.4 Å². The molecule has 0 heterocycles. The van der Waals surface area contributed by atoms with Crippen LogP contribution in [0, 0.1) is 0 Å². The number of amides is 1. The first kappa shape index (κ1) is 13.4. The molecule has 0 aliphatic carbocycles. The molecule has 0 aliphatic rings. The Bertz CT molecular complexity index is 331. The van der Waals surface area contributed by atoms with E-state index in [9.17, 15) is 4.79 Å². The summed E-state index contributed by atoms with van der Waals surface area (Å²) in [5.74, 6) is -0.104. The van der Waals surface area contributed by atoms with Crippen molar-refractivity contribution in [2.24, 2.45) is 0 Å². The van der Waals surface area contributed by atoms with Gasteiger partial charge >= 0.3 is 0 Å². The highest BCUT2D eigenvalue weighted by Gasteiger charge is 2.21. The Morgan fingerprint density at radius 2 is 2.06 bits per heavy atom. The Labute approximate surface area is 106 Å². The maximum Gasteiger partial charge on any atom is 0.239 e. The second-order valence-electron chi connectivity index (χ2n) is 3.55. The molecule has 1 N–H and O–H groups in total. The van der Waals surface area contributed by atoms with E-state index in [1.54, 1.807) is 11.8 Å². The first-order valence-electron chi connectivity index (χ1n) is 5.13. The molecule has 2 nitrogen and oxygen atoms in total. The van der Waals surface area contributed by atoms with E-state index in [1.807, 2.05) is 43.5 Å². The number of hydrogen-bond donors (Lipinski definition) is 1. The van der Waals surface area contributed by atoms with E-state index >= 15 is 0 Å². The molecular weight excluding hydrogens is 242 g/mol. The smallest absolute Gasteiger partial charge is 0.239 e. The molecular formula is C12H16ClNOS. The second-order valence-corrected chi connectivity index (χ2v) is 5.23. The van der Waals surface area contributed by atoms with Crippen LogP contribution in [0.3, 0.4) is 0 Å². The predicted octanol–water partition coefficient (Wildman–Crippen LogP) is 2.66. The molecule has 88 valence electrons. The van der Waals surface area contributed by atoms with Gasteiger partial charge in [-0.05, 0) is 11.8 Å². The Morgan fingerprint density at radius 1 is 1.44 bits per heavy atom. The summed E-state index contributed by atoms with van der Waals surface area (Å²) in [6, 6.07) is 9.79. The topological polar surface area (TPSA) is 29.1 Å². The fourth-order valence-electron chi connectivity index (χ4n) is 1.22. The van der Waals surface area contributed by atoms with E-state index in [2.05, 4.69) is 5.32 Å². The van der Waals surface area contributed by atoms with E-state index in [1.165, 1.54) is 0 Å². The molecule has 16 heavy (non-hydrogen) atoms. The Morgan fingerprint density at radius 3 is 2.62 bits per heavy atom. The quantitative estimate of drug-likeness (QED) is 0.822. The summed E-state index contributed by atoms with van der Waals surface area (Å²) in [6.07, 6.45) is 1.95. The molecule has 2 unspecified atom stereocenters. The lowest BCUT2D eigenvalue weighted by atomic mass is 10.2. The first-order valence-corrected chi connectivity index (χ1v) is 6.86. The van der Waals surface area contributed by atoms with Crippen LogP contribution < -0.4 is 5.32 Å². The Hall–Kier alpha value is -0.670. The molecule has 2 atom stereocenters. The molecule has 0 spiro atoms. The van der Waals surface area contributed by atoms with E-state index in [-0.39, 0.29) is 11.2 Å². The number of alkyl halides is 1. The molecule has 0 bridgehead atoms. The number of thioether (sulfide) groups is 1. The highest BCUT2D eigenvalue weighted by Crippen LogP contribution is 2.15. The SMILES string of the molecule is CSC(C)C(Cl)C(=O)NCc1ccccc1. The third kappa shape index (κ3) is 4.06. The van der Waals surface area contributed by atoms with Gasteiger partial charge in [-0.2, -0.15) is 11.8 Å². The van der Waals surface area contributed by atoms with Crippen LogP contribution in [0.1, 0.15) is 12.5 Å². The maximum atomic E-state index is 11.7. The van der Waals surface area contributed by atoms with E-state index in [0.29, 0.717) is 6.54 Å². The summed E-state index contributed by atoms with van der Waals surface area (Å²) < 4.78 is 0. The van der Waals surface area contributed by atoms with Gasteiger partial charge in [0, 0.05) is 11.8 Å². The molecule has 0 fully saturated rings. The monoisotopic (exact) mass is 257 g/mol. The number of carbonyl (C=O) groups excluding carboxylic acids is 1. The van der Waals surface area contributed by atoms with Gasteiger partial charge in [0.05, 0.1) is 0 Å². The molecule has 4 heteroatoms. The van der Waals surface area contributed by atoms with Crippen molar-refractivity contribution < 1.29 is 4.79 Å². The zero-order valence-electron chi connectivity index (χ0n) is 9.44. The maximum absolute atomic E-state index is 11.7. The summed E-state index contributed by atoms with van der Waals surface area (Å²) in [5.41, 5.74) is 1.08. The van der Waals surface area contributed by atoms with Gasteiger partial charge < -0.3 is 5.32 Å². The van der Waals surface area contributed by atoms with Gasteiger partial charge in [0.25, 0.3) is 0 Å². The van der Waals surface area contributed by atoms with E-state index in [0.717, 1.165) is 5.56 Å². The first-order chi connectivity index (χ1) is 7.65. The van der Waals surface area contributed by atoms with Crippen molar-refractivity contribution in [1.29, 1.82) is 0 Å². The van der Waals surface area contributed by atoms with Gasteiger partial charge in [-0.25, -0.2) is 0 Å². The number of carbonyl (C=O) groups is 1. The largest absolute Gasteiger partial charge is 0.351 e. The lowest BCUT2D eigenvalue weighted by Crippen LogP contribution is -2.35. The third-order valence-electron chi connectivity index (χ3n) is 2.34. The van der Waals surface area contributed by atoms with Crippen LogP contribution in [0.15, 0.2) is 30.3 Å². The van der Waals surface area contributed by atoms with Gasteiger partial charge in [0.1, 0.15) is 5.38 Å². The fraction of sp³-hybridized carbons (Fsp3) is 0.417. The molecule has 1 rings (SSSR count). The van der Waals surface area contributed by atoms with Gasteiger partial charge in [0.15, 0.2) is 0 Å².